The number of carbonyl (C=O) groups is 1. The Bertz CT molecular complexity index is 456. The molecule has 0 fully saturated rings. The summed E-state index contributed by atoms with van der Waals surface area (Å²) in [6.07, 6.45) is 1.19. The number of nitrogens with two attached hydrogens (primary N) is 1. The smallest absolute Gasteiger partial charge is 0.224 e. The predicted octanol–water partition coefficient (Wildman–Crippen LogP) is 4.42. The van der Waals surface area contributed by atoms with Crippen molar-refractivity contribution in [3.8, 4) is 0 Å². The zero-order chi connectivity index (χ0) is 15.3. The molecule has 1 aromatic rings. The van der Waals surface area contributed by atoms with Crippen LogP contribution in [0.25, 0.3) is 0 Å². The van der Waals surface area contributed by atoms with Crippen molar-refractivity contribution >= 4 is 24.0 Å². The van der Waals surface area contributed by atoms with Gasteiger partial charge in [0, 0.05) is 18.2 Å². The van der Waals surface area contributed by atoms with Gasteiger partial charge >= 0.3 is 0 Å². The molecule has 0 aromatic heterocycles. The lowest BCUT2D eigenvalue weighted by Crippen LogP contribution is -2.20. The van der Waals surface area contributed by atoms with Crippen molar-refractivity contribution in [3.05, 3.63) is 29.3 Å². The molecule has 0 saturated heterocycles. The number of benzene rings is 1. The molecular weight excluding hydrogens is 284 g/mol. The number of hydrogen-bond acceptors (Lipinski definition) is 2. The molecule has 1 unspecified atom stereocenters. The number of amides is 1. The van der Waals surface area contributed by atoms with Crippen LogP contribution in [0.15, 0.2) is 18.2 Å². The summed E-state index contributed by atoms with van der Waals surface area (Å²) in [5.74, 6) is 0.925. The second kappa shape index (κ2) is 9.06. The highest BCUT2D eigenvalue weighted by Gasteiger charge is 2.12. The molecule has 0 spiro atoms. The molecule has 3 N–H and O–H groups in total. The summed E-state index contributed by atoms with van der Waals surface area (Å²) in [6.45, 7) is 10.6. The van der Waals surface area contributed by atoms with Crippen molar-refractivity contribution in [3.63, 3.8) is 0 Å². The lowest BCUT2D eigenvalue weighted by molar-refractivity contribution is -0.116. The number of hydrogen-bond donors (Lipinski definition) is 2. The summed E-state index contributed by atoms with van der Waals surface area (Å²) < 4.78 is 0. The Morgan fingerprint density at radius 2 is 1.76 bits per heavy atom. The third-order valence-electron chi connectivity index (χ3n) is 3.47. The van der Waals surface area contributed by atoms with Gasteiger partial charge in [0.2, 0.25) is 5.91 Å². The Kier molecular flexibility index (Phi) is 8.60. The summed E-state index contributed by atoms with van der Waals surface area (Å²) in [6, 6.07) is 6.39. The van der Waals surface area contributed by atoms with Crippen molar-refractivity contribution in [2.24, 2.45) is 5.73 Å². The number of nitrogens with one attached hydrogen (secondary N) is 1. The summed E-state index contributed by atoms with van der Waals surface area (Å²) in [5.41, 5.74) is 9.12. The summed E-state index contributed by atoms with van der Waals surface area (Å²) in [7, 11) is 0. The molecule has 0 aliphatic rings. The van der Waals surface area contributed by atoms with Gasteiger partial charge in [0.25, 0.3) is 0 Å². The van der Waals surface area contributed by atoms with E-state index in [2.05, 4.69) is 45.1 Å². The molecule has 0 aliphatic carbocycles. The molecule has 0 bridgehead atoms. The highest BCUT2D eigenvalue weighted by Crippen LogP contribution is 2.28. The maximum Gasteiger partial charge on any atom is 0.224 e. The lowest BCUT2D eigenvalue weighted by Gasteiger charge is -2.17. The highest BCUT2D eigenvalue weighted by molar-refractivity contribution is 5.91. The van der Waals surface area contributed by atoms with E-state index in [9.17, 15) is 4.79 Å². The Labute approximate surface area is 135 Å². The van der Waals surface area contributed by atoms with Crippen LogP contribution in [0.5, 0.6) is 0 Å². The fourth-order valence-electron chi connectivity index (χ4n) is 2.10. The van der Waals surface area contributed by atoms with Crippen LogP contribution in [0.3, 0.4) is 0 Å². The fourth-order valence-corrected chi connectivity index (χ4v) is 2.10. The van der Waals surface area contributed by atoms with Gasteiger partial charge in [-0.3, -0.25) is 4.79 Å². The SMILES string of the molecule is CC(N)CCC(=O)Nc1ccc(C(C)C)cc1C(C)C.Cl. The monoisotopic (exact) mass is 312 g/mol. The average molecular weight is 313 g/mol. The van der Waals surface area contributed by atoms with Crippen LogP contribution in [-0.4, -0.2) is 11.9 Å². The molecule has 1 rings (SSSR count). The molecule has 0 aliphatic heterocycles. The minimum atomic E-state index is 0. The largest absolute Gasteiger partial charge is 0.328 e. The number of anilines is 1. The van der Waals surface area contributed by atoms with Gasteiger partial charge in [-0.05, 0) is 42.4 Å². The standard InChI is InChI=1S/C17H28N2O.ClH/c1-11(2)14-7-8-16(15(10-14)12(3)4)19-17(20)9-6-13(5)18;/h7-8,10-13H,6,9,18H2,1-5H3,(H,19,20);1H. The average Bonchev–Trinajstić information content (AvgIpc) is 2.36. The van der Waals surface area contributed by atoms with E-state index in [1.165, 1.54) is 11.1 Å². The van der Waals surface area contributed by atoms with E-state index in [4.69, 9.17) is 5.73 Å². The highest BCUT2D eigenvalue weighted by atomic mass is 35.5. The van der Waals surface area contributed by atoms with Gasteiger partial charge in [-0.25, -0.2) is 0 Å². The summed E-state index contributed by atoms with van der Waals surface area (Å²) in [5, 5.41) is 3.02. The molecule has 0 heterocycles. The Morgan fingerprint density at radius 1 is 1.14 bits per heavy atom. The number of rotatable bonds is 6. The first-order valence-electron chi connectivity index (χ1n) is 7.50. The van der Waals surface area contributed by atoms with Gasteiger partial charge in [0.05, 0.1) is 0 Å². The zero-order valence-electron chi connectivity index (χ0n) is 13.8. The van der Waals surface area contributed by atoms with Crippen LogP contribution >= 0.6 is 12.4 Å². The quantitative estimate of drug-likeness (QED) is 0.817. The van der Waals surface area contributed by atoms with Crippen LogP contribution in [0.4, 0.5) is 5.69 Å². The minimum absolute atomic E-state index is 0. The first kappa shape index (κ1) is 19.9. The third kappa shape index (κ3) is 6.49. The molecule has 1 aromatic carbocycles. The first-order chi connectivity index (χ1) is 9.31. The van der Waals surface area contributed by atoms with Gasteiger partial charge in [-0.1, -0.05) is 39.8 Å². The van der Waals surface area contributed by atoms with Crippen molar-refractivity contribution in [1.29, 1.82) is 0 Å². The van der Waals surface area contributed by atoms with Crippen LogP contribution in [0, 0.1) is 0 Å². The minimum Gasteiger partial charge on any atom is -0.328 e. The first-order valence-corrected chi connectivity index (χ1v) is 7.50. The predicted molar refractivity (Wildman–Crippen MR) is 93.4 cm³/mol. The van der Waals surface area contributed by atoms with Gasteiger partial charge in [0.15, 0.2) is 0 Å². The molecule has 0 radical (unpaired) electrons. The van der Waals surface area contributed by atoms with Crippen molar-refractivity contribution in [2.45, 2.75) is 65.3 Å². The van der Waals surface area contributed by atoms with E-state index >= 15 is 0 Å². The van der Waals surface area contributed by atoms with E-state index in [-0.39, 0.29) is 24.4 Å². The Hall–Kier alpha value is -1.06. The molecule has 1 atom stereocenters. The van der Waals surface area contributed by atoms with Crippen LogP contribution in [-0.2, 0) is 4.79 Å². The van der Waals surface area contributed by atoms with E-state index < -0.39 is 0 Å². The zero-order valence-corrected chi connectivity index (χ0v) is 14.6. The molecular formula is C17H29ClN2O. The van der Waals surface area contributed by atoms with Crippen LogP contribution < -0.4 is 11.1 Å². The third-order valence-corrected chi connectivity index (χ3v) is 3.47. The van der Waals surface area contributed by atoms with Crippen molar-refractivity contribution in [1.82, 2.24) is 0 Å². The number of halogens is 1. The molecule has 120 valence electrons. The Morgan fingerprint density at radius 3 is 2.24 bits per heavy atom. The topological polar surface area (TPSA) is 55.1 Å². The molecule has 21 heavy (non-hydrogen) atoms. The normalized spacial score (nSPS) is 12.2. The fraction of sp³-hybridized carbons (Fsp3) is 0.588. The molecule has 3 nitrogen and oxygen atoms in total. The molecule has 0 saturated carbocycles. The van der Waals surface area contributed by atoms with E-state index in [0.717, 1.165) is 5.69 Å². The summed E-state index contributed by atoms with van der Waals surface area (Å²) >= 11 is 0. The van der Waals surface area contributed by atoms with Gasteiger partial charge in [-0.15, -0.1) is 12.4 Å². The molecule has 4 heteroatoms. The molecule has 1 amide bonds. The van der Waals surface area contributed by atoms with Crippen molar-refractivity contribution in [2.75, 3.05) is 5.32 Å². The van der Waals surface area contributed by atoms with E-state index in [1.54, 1.807) is 0 Å². The van der Waals surface area contributed by atoms with Crippen LogP contribution in [0.2, 0.25) is 0 Å². The van der Waals surface area contributed by atoms with Gasteiger partial charge in [0.1, 0.15) is 0 Å². The van der Waals surface area contributed by atoms with Gasteiger partial charge < -0.3 is 11.1 Å². The Balaban J connectivity index is 0.00000400. The second-order valence-corrected chi connectivity index (χ2v) is 6.22. The van der Waals surface area contributed by atoms with E-state index in [0.29, 0.717) is 24.7 Å². The lowest BCUT2D eigenvalue weighted by atomic mass is 9.94. The maximum absolute atomic E-state index is 11.9. The number of carbonyl (C=O) groups excluding carboxylic acids is 1. The van der Waals surface area contributed by atoms with Gasteiger partial charge in [-0.2, -0.15) is 0 Å². The second-order valence-electron chi connectivity index (χ2n) is 6.22. The van der Waals surface area contributed by atoms with E-state index in [1.807, 2.05) is 13.0 Å². The summed E-state index contributed by atoms with van der Waals surface area (Å²) in [4.78, 5) is 11.9. The van der Waals surface area contributed by atoms with Crippen molar-refractivity contribution < 1.29 is 4.79 Å². The maximum atomic E-state index is 11.9. The van der Waals surface area contributed by atoms with Crippen LogP contribution in [0.1, 0.15) is 70.4 Å².